The Morgan fingerprint density at radius 2 is 1.29 bits per heavy atom. The van der Waals surface area contributed by atoms with Crippen LogP contribution in [-0.2, 0) is 9.53 Å². The van der Waals surface area contributed by atoms with Crippen LogP contribution < -0.4 is 0 Å². The van der Waals surface area contributed by atoms with E-state index < -0.39 is 18.5 Å². The summed E-state index contributed by atoms with van der Waals surface area (Å²) in [5, 5.41) is 0. The van der Waals surface area contributed by atoms with Crippen molar-refractivity contribution in [1.82, 2.24) is 0 Å². The lowest BCUT2D eigenvalue weighted by atomic mass is 10.0. The maximum atomic E-state index is 13.4. The van der Waals surface area contributed by atoms with Crippen LogP contribution in [0.4, 0.5) is 8.78 Å². The highest BCUT2D eigenvalue weighted by Crippen LogP contribution is 2.23. The zero-order valence-electron chi connectivity index (χ0n) is 15.5. The lowest BCUT2D eigenvalue weighted by Crippen LogP contribution is -2.25. The second-order valence-corrected chi connectivity index (χ2v) is 6.66. The van der Waals surface area contributed by atoms with E-state index in [4.69, 9.17) is 0 Å². The van der Waals surface area contributed by atoms with Crippen LogP contribution in [0.15, 0.2) is 12.7 Å². The number of carbonyl (C=O) groups excluding carboxylic acids is 1. The molecule has 4 heteroatoms. The number of halogens is 2. The summed E-state index contributed by atoms with van der Waals surface area (Å²) in [6.45, 7) is 4.58. The van der Waals surface area contributed by atoms with Crippen LogP contribution >= 0.6 is 0 Å². The Labute approximate surface area is 147 Å². The summed E-state index contributed by atoms with van der Waals surface area (Å²) in [4.78, 5) is 10.8. The van der Waals surface area contributed by atoms with Gasteiger partial charge in [0.05, 0.1) is 0 Å². The molecule has 0 atom stereocenters. The largest absolute Gasteiger partial charge is 0.456 e. The van der Waals surface area contributed by atoms with Gasteiger partial charge in [0, 0.05) is 12.5 Å². The van der Waals surface area contributed by atoms with Crippen LogP contribution in [0.25, 0.3) is 0 Å². The van der Waals surface area contributed by atoms with E-state index in [0.717, 1.165) is 25.3 Å². The smallest absolute Gasteiger partial charge is 0.330 e. The van der Waals surface area contributed by atoms with Crippen molar-refractivity contribution in [1.29, 1.82) is 0 Å². The van der Waals surface area contributed by atoms with E-state index in [0.29, 0.717) is 6.42 Å². The molecule has 0 aromatic rings. The zero-order valence-corrected chi connectivity index (χ0v) is 15.5. The number of hydrogen-bond donors (Lipinski definition) is 0. The lowest BCUT2D eigenvalue weighted by molar-refractivity contribution is -0.150. The average molecular weight is 347 g/mol. The molecule has 0 saturated heterocycles. The third-order valence-corrected chi connectivity index (χ3v) is 4.24. The topological polar surface area (TPSA) is 26.3 Å². The maximum Gasteiger partial charge on any atom is 0.330 e. The minimum atomic E-state index is -2.92. The molecule has 0 aromatic heterocycles. The molecule has 0 rings (SSSR count). The number of carbonyl (C=O) groups is 1. The maximum absolute atomic E-state index is 13.4. The second-order valence-electron chi connectivity index (χ2n) is 6.66. The Hall–Kier alpha value is -0.930. The van der Waals surface area contributed by atoms with Crippen molar-refractivity contribution >= 4 is 5.97 Å². The van der Waals surface area contributed by atoms with E-state index >= 15 is 0 Å². The van der Waals surface area contributed by atoms with Gasteiger partial charge in [-0.05, 0) is 6.42 Å². The van der Waals surface area contributed by atoms with Gasteiger partial charge in [0.15, 0.2) is 6.61 Å². The highest BCUT2D eigenvalue weighted by Gasteiger charge is 2.29. The molecule has 0 aliphatic carbocycles. The van der Waals surface area contributed by atoms with Gasteiger partial charge in [-0.25, -0.2) is 13.6 Å². The van der Waals surface area contributed by atoms with Crippen molar-refractivity contribution in [2.24, 2.45) is 0 Å². The highest BCUT2D eigenvalue weighted by atomic mass is 19.3. The third-order valence-electron chi connectivity index (χ3n) is 4.24. The number of ether oxygens (including phenoxy) is 1. The Balaban J connectivity index is 3.32. The Morgan fingerprint density at radius 3 is 1.71 bits per heavy atom. The first-order valence-corrected chi connectivity index (χ1v) is 9.69. The van der Waals surface area contributed by atoms with Crippen LogP contribution in [0.1, 0.15) is 96.8 Å². The fourth-order valence-electron chi connectivity index (χ4n) is 2.71. The number of alkyl halides is 2. The van der Waals surface area contributed by atoms with E-state index in [1.54, 1.807) is 0 Å². The van der Waals surface area contributed by atoms with E-state index in [-0.39, 0.29) is 6.42 Å². The zero-order chi connectivity index (χ0) is 18.1. The first-order chi connectivity index (χ1) is 11.5. The molecule has 0 fully saturated rings. The molecule has 142 valence electrons. The predicted octanol–water partition coefficient (Wildman–Crippen LogP) is 6.83. The van der Waals surface area contributed by atoms with Crippen molar-refractivity contribution in [2.75, 3.05) is 6.61 Å². The van der Waals surface area contributed by atoms with Gasteiger partial charge in [0.25, 0.3) is 5.92 Å². The van der Waals surface area contributed by atoms with E-state index in [2.05, 4.69) is 18.2 Å². The molecule has 0 amide bonds. The van der Waals surface area contributed by atoms with Crippen LogP contribution in [0, 0.1) is 0 Å². The van der Waals surface area contributed by atoms with Crippen LogP contribution in [-0.4, -0.2) is 18.5 Å². The normalized spacial score (nSPS) is 11.5. The van der Waals surface area contributed by atoms with Crippen molar-refractivity contribution in [3.8, 4) is 0 Å². The quantitative estimate of drug-likeness (QED) is 0.164. The molecule has 0 saturated carbocycles. The molecular formula is C20H36F2O2. The molecule has 0 aliphatic heterocycles. The van der Waals surface area contributed by atoms with E-state index in [1.807, 2.05) is 0 Å². The van der Waals surface area contributed by atoms with Gasteiger partial charge in [-0.15, -0.1) is 0 Å². The monoisotopic (exact) mass is 346 g/mol. The van der Waals surface area contributed by atoms with Gasteiger partial charge in [-0.1, -0.05) is 90.6 Å². The number of rotatable bonds is 17. The Bertz CT molecular complexity index is 317. The SMILES string of the molecule is C=CC(=O)OCC(F)(F)CCCCCCCCCCCCCCC. The fourth-order valence-corrected chi connectivity index (χ4v) is 2.71. The van der Waals surface area contributed by atoms with Crippen LogP contribution in [0.5, 0.6) is 0 Å². The summed E-state index contributed by atoms with van der Waals surface area (Å²) in [5.74, 6) is -3.71. The summed E-state index contributed by atoms with van der Waals surface area (Å²) in [7, 11) is 0. The summed E-state index contributed by atoms with van der Waals surface area (Å²) in [6, 6.07) is 0. The van der Waals surface area contributed by atoms with Gasteiger partial charge in [-0.3, -0.25) is 0 Å². The number of unbranched alkanes of at least 4 members (excludes halogenated alkanes) is 12. The predicted molar refractivity (Wildman–Crippen MR) is 96.4 cm³/mol. The average Bonchev–Trinajstić information content (AvgIpc) is 2.57. The molecule has 0 spiro atoms. The van der Waals surface area contributed by atoms with Gasteiger partial charge < -0.3 is 4.74 Å². The van der Waals surface area contributed by atoms with Crippen molar-refractivity contribution in [3.63, 3.8) is 0 Å². The van der Waals surface area contributed by atoms with E-state index in [1.165, 1.54) is 57.8 Å². The van der Waals surface area contributed by atoms with Crippen molar-refractivity contribution in [3.05, 3.63) is 12.7 Å². The van der Waals surface area contributed by atoms with Crippen molar-refractivity contribution < 1.29 is 18.3 Å². The summed E-state index contributed by atoms with van der Waals surface area (Å²) in [5.41, 5.74) is 0. The Kier molecular flexibility index (Phi) is 15.0. The fraction of sp³-hybridized carbons (Fsp3) is 0.850. The van der Waals surface area contributed by atoms with Gasteiger partial charge in [0.1, 0.15) is 0 Å². The minimum Gasteiger partial charge on any atom is -0.456 e. The molecule has 0 N–H and O–H groups in total. The molecule has 2 nitrogen and oxygen atoms in total. The van der Waals surface area contributed by atoms with Crippen LogP contribution in [0.2, 0.25) is 0 Å². The molecule has 0 aliphatic rings. The number of hydrogen-bond acceptors (Lipinski definition) is 2. The van der Waals surface area contributed by atoms with Gasteiger partial charge in [0.2, 0.25) is 0 Å². The first kappa shape index (κ1) is 23.1. The van der Waals surface area contributed by atoms with Crippen molar-refractivity contribution in [2.45, 2.75) is 103 Å². The highest BCUT2D eigenvalue weighted by molar-refractivity contribution is 5.81. The molecule has 24 heavy (non-hydrogen) atoms. The first-order valence-electron chi connectivity index (χ1n) is 9.69. The third kappa shape index (κ3) is 15.9. The van der Waals surface area contributed by atoms with E-state index in [9.17, 15) is 13.6 Å². The molecular weight excluding hydrogens is 310 g/mol. The second kappa shape index (κ2) is 15.6. The summed E-state index contributed by atoms with van der Waals surface area (Å²) >= 11 is 0. The lowest BCUT2D eigenvalue weighted by Gasteiger charge is -2.15. The Morgan fingerprint density at radius 1 is 0.875 bits per heavy atom. The van der Waals surface area contributed by atoms with Gasteiger partial charge in [-0.2, -0.15) is 0 Å². The molecule has 0 aromatic carbocycles. The van der Waals surface area contributed by atoms with Gasteiger partial charge >= 0.3 is 5.97 Å². The minimum absolute atomic E-state index is 0.213. The number of esters is 1. The van der Waals surface area contributed by atoms with Crippen LogP contribution in [0.3, 0.4) is 0 Å². The summed E-state index contributed by atoms with van der Waals surface area (Å²) in [6.07, 6.45) is 16.0. The molecule has 0 bridgehead atoms. The summed E-state index contributed by atoms with van der Waals surface area (Å²) < 4.78 is 31.3. The molecule has 0 unspecified atom stereocenters. The standard InChI is InChI=1S/C20H36F2O2/c1-3-5-6-7-8-9-10-11-12-13-14-15-16-17-20(21,22)18-24-19(23)4-2/h4H,2-3,5-18H2,1H3. The molecule has 0 radical (unpaired) electrons. The molecule has 0 heterocycles.